The molecule has 1 aromatic rings. The first kappa shape index (κ1) is 15.3. The van der Waals surface area contributed by atoms with Crippen LogP contribution < -0.4 is 0 Å². The van der Waals surface area contributed by atoms with E-state index in [2.05, 4.69) is 15.9 Å². The predicted octanol–water partition coefficient (Wildman–Crippen LogP) is 3.85. The first-order chi connectivity index (χ1) is 9.42. The van der Waals surface area contributed by atoms with Crippen molar-refractivity contribution in [2.24, 2.45) is 5.41 Å². The van der Waals surface area contributed by atoms with Crippen LogP contribution in [-0.4, -0.2) is 21.8 Å². The Balaban J connectivity index is 1.95. The number of carboxylic acid groups (broad SMARTS) is 1. The summed E-state index contributed by atoms with van der Waals surface area (Å²) in [4.78, 5) is 21.4. The zero-order valence-corrected chi connectivity index (χ0v) is 13.1. The van der Waals surface area contributed by atoms with E-state index in [9.17, 15) is 14.9 Å². The van der Waals surface area contributed by atoms with Crippen LogP contribution in [0.2, 0.25) is 0 Å². The van der Waals surface area contributed by atoms with Gasteiger partial charge in [-0.3, -0.25) is 14.9 Å². The summed E-state index contributed by atoms with van der Waals surface area (Å²) in [6, 6.07) is 5.03. The molecule has 0 aliphatic heterocycles. The highest BCUT2D eigenvalue weighted by atomic mass is 79.9. The number of halogens is 1. The van der Waals surface area contributed by atoms with Crippen molar-refractivity contribution in [2.75, 3.05) is 5.75 Å². The second kappa shape index (κ2) is 6.13. The number of benzene rings is 1. The Kier molecular flexibility index (Phi) is 4.70. The van der Waals surface area contributed by atoms with Gasteiger partial charge in [-0.25, -0.2) is 0 Å². The number of nitro groups is 1. The number of aliphatic carboxylic acids is 1. The lowest BCUT2D eigenvalue weighted by molar-refractivity contribution is -0.385. The van der Waals surface area contributed by atoms with Crippen LogP contribution in [0, 0.1) is 15.5 Å². The van der Waals surface area contributed by atoms with E-state index in [0.29, 0.717) is 15.8 Å². The van der Waals surface area contributed by atoms with Gasteiger partial charge in [0.05, 0.1) is 11.3 Å². The maximum atomic E-state index is 11.0. The Bertz CT molecular complexity index is 545. The third kappa shape index (κ3) is 3.96. The average Bonchev–Trinajstić information content (AvgIpc) is 3.09. The van der Waals surface area contributed by atoms with Crippen LogP contribution in [-0.2, 0) is 10.5 Å². The molecular formula is C13H14BrNO4S. The molecule has 1 aromatic carbocycles. The van der Waals surface area contributed by atoms with E-state index in [0.717, 1.165) is 18.6 Å². The number of carbonyl (C=O) groups is 1. The Labute approximate surface area is 129 Å². The minimum absolute atomic E-state index is 0.0827. The van der Waals surface area contributed by atoms with Gasteiger partial charge >= 0.3 is 5.97 Å². The first-order valence-corrected chi connectivity index (χ1v) is 8.09. The van der Waals surface area contributed by atoms with Crippen LogP contribution in [0.1, 0.15) is 24.8 Å². The van der Waals surface area contributed by atoms with Gasteiger partial charge in [0.2, 0.25) is 0 Å². The van der Waals surface area contributed by atoms with E-state index in [1.807, 2.05) is 0 Å². The maximum Gasteiger partial charge on any atom is 0.303 e. The molecule has 0 unspecified atom stereocenters. The van der Waals surface area contributed by atoms with Gasteiger partial charge in [0.15, 0.2) is 0 Å². The average molecular weight is 360 g/mol. The molecule has 108 valence electrons. The summed E-state index contributed by atoms with van der Waals surface area (Å²) >= 11 is 4.80. The van der Waals surface area contributed by atoms with Crippen LogP contribution in [0.4, 0.5) is 5.69 Å². The minimum atomic E-state index is -0.766. The zero-order chi connectivity index (χ0) is 14.8. The fourth-order valence-electron chi connectivity index (χ4n) is 2.08. The quantitative estimate of drug-likeness (QED) is 0.590. The normalized spacial score (nSPS) is 15.8. The maximum absolute atomic E-state index is 11.0. The molecule has 0 atom stereocenters. The molecule has 0 spiro atoms. The fourth-order valence-corrected chi connectivity index (χ4v) is 3.82. The van der Waals surface area contributed by atoms with Crippen LogP contribution in [0.25, 0.3) is 0 Å². The van der Waals surface area contributed by atoms with Gasteiger partial charge in [-0.2, -0.15) is 11.8 Å². The van der Waals surface area contributed by atoms with Crippen LogP contribution in [0.5, 0.6) is 0 Å². The van der Waals surface area contributed by atoms with E-state index in [1.54, 1.807) is 23.9 Å². The summed E-state index contributed by atoms with van der Waals surface area (Å²) < 4.78 is 0.683. The molecule has 1 saturated carbocycles. The molecule has 1 N–H and O–H groups in total. The Morgan fingerprint density at radius 3 is 2.75 bits per heavy atom. The van der Waals surface area contributed by atoms with Gasteiger partial charge in [0.25, 0.3) is 5.69 Å². The first-order valence-electron chi connectivity index (χ1n) is 6.14. The van der Waals surface area contributed by atoms with Gasteiger partial charge in [-0.05, 0) is 30.1 Å². The summed E-state index contributed by atoms with van der Waals surface area (Å²) in [7, 11) is 0. The van der Waals surface area contributed by atoms with E-state index in [4.69, 9.17) is 5.11 Å². The standard InChI is InChI=1S/C13H14BrNO4S/c14-10-2-1-9(11(5-10)15(18)19)7-20-8-13(3-4-13)6-12(16)17/h1-2,5H,3-4,6-8H2,(H,16,17). The Morgan fingerprint density at radius 2 is 2.20 bits per heavy atom. The number of hydrogen-bond acceptors (Lipinski definition) is 4. The molecule has 5 nitrogen and oxygen atoms in total. The van der Waals surface area contributed by atoms with Gasteiger partial charge < -0.3 is 5.11 Å². The van der Waals surface area contributed by atoms with Gasteiger partial charge in [-0.15, -0.1) is 0 Å². The van der Waals surface area contributed by atoms with E-state index >= 15 is 0 Å². The summed E-state index contributed by atoms with van der Waals surface area (Å²) in [5.74, 6) is 0.509. The van der Waals surface area contributed by atoms with Crippen molar-refractivity contribution >= 4 is 39.3 Å². The number of nitrogens with zero attached hydrogens (tertiary/aromatic N) is 1. The molecule has 7 heteroatoms. The number of rotatable bonds is 7. The monoisotopic (exact) mass is 359 g/mol. The molecule has 1 aliphatic carbocycles. The Hall–Kier alpha value is -1.08. The summed E-state index contributed by atoms with van der Waals surface area (Å²) in [5, 5.41) is 19.8. The number of thioether (sulfide) groups is 1. The highest BCUT2D eigenvalue weighted by molar-refractivity contribution is 9.10. The molecule has 0 amide bonds. The van der Waals surface area contributed by atoms with Gasteiger partial charge in [0, 0.05) is 21.9 Å². The van der Waals surface area contributed by atoms with Crippen molar-refractivity contribution in [1.29, 1.82) is 0 Å². The molecule has 20 heavy (non-hydrogen) atoms. The third-order valence-electron chi connectivity index (χ3n) is 3.39. The summed E-state index contributed by atoms with van der Waals surface area (Å²) in [5.41, 5.74) is 0.699. The molecule has 0 saturated heterocycles. The lowest BCUT2D eigenvalue weighted by Gasteiger charge is -2.11. The van der Waals surface area contributed by atoms with Gasteiger partial charge in [0.1, 0.15) is 0 Å². The minimum Gasteiger partial charge on any atom is -0.481 e. The zero-order valence-electron chi connectivity index (χ0n) is 10.7. The van der Waals surface area contributed by atoms with Crippen molar-refractivity contribution in [3.63, 3.8) is 0 Å². The van der Waals surface area contributed by atoms with Crippen LogP contribution in [0.15, 0.2) is 22.7 Å². The van der Waals surface area contributed by atoms with Crippen molar-refractivity contribution < 1.29 is 14.8 Å². The molecule has 2 rings (SSSR count). The largest absolute Gasteiger partial charge is 0.481 e. The number of hydrogen-bond donors (Lipinski definition) is 1. The summed E-state index contributed by atoms with van der Waals surface area (Å²) in [6.07, 6.45) is 2.08. The SMILES string of the molecule is O=C(O)CC1(CSCc2ccc(Br)cc2[N+](=O)[O-])CC1. The van der Waals surface area contributed by atoms with Crippen molar-refractivity contribution in [1.82, 2.24) is 0 Å². The number of carboxylic acids is 1. The topological polar surface area (TPSA) is 80.4 Å². The molecule has 0 radical (unpaired) electrons. The van der Waals surface area contributed by atoms with E-state index < -0.39 is 5.97 Å². The van der Waals surface area contributed by atoms with E-state index in [1.165, 1.54) is 6.07 Å². The second-order valence-corrected chi connectivity index (χ2v) is 6.99. The van der Waals surface area contributed by atoms with Crippen molar-refractivity contribution in [3.8, 4) is 0 Å². The predicted molar refractivity (Wildman–Crippen MR) is 80.9 cm³/mol. The molecular weight excluding hydrogens is 346 g/mol. The molecule has 0 aromatic heterocycles. The number of nitro benzene ring substituents is 1. The second-order valence-electron chi connectivity index (χ2n) is 5.09. The lowest BCUT2D eigenvalue weighted by atomic mass is 10.1. The lowest BCUT2D eigenvalue weighted by Crippen LogP contribution is -2.11. The molecule has 1 aliphatic rings. The van der Waals surface area contributed by atoms with Gasteiger partial charge in [-0.1, -0.05) is 22.0 Å². The smallest absolute Gasteiger partial charge is 0.303 e. The van der Waals surface area contributed by atoms with E-state index in [-0.39, 0.29) is 22.4 Å². The van der Waals surface area contributed by atoms with Crippen molar-refractivity contribution in [2.45, 2.75) is 25.0 Å². The third-order valence-corrected chi connectivity index (χ3v) is 5.22. The molecule has 0 heterocycles. The molecule has 0 bridgehead atoms. The fraction of sp³-hybridized carbons (Fsp3) is 0.462. The van der Waals surface area contributed by atoms with Crippen LogP contribution in [0.3, 0.4) is 0 Å². The van der Waals surface area contributed by atoms with Crippen molar-refractivity contribution in [3.05, 3.63) is 38.3 Å². The highest BCUT2D eigenvalue weighted by Crippen LogP contribution is 2.51. The molecule has 1 fully saturated rings. The van der Waals surface area contributed by atoms with Crippen LogP contribution >= 0.6 is 27.7 Å². The highest BCUT2D eigenvalue weighted by Gasteiger charge is 2.44. The summed E-state index contributed by atoms with van der Waals surface area (Å²) in [6.45, 7) is 0. The Morgan fingerprint density at radius 1 is 1.50 bits per heavy atom.